The van der Waals surface area contributed by atoms with Gasteiger partial charge in [0.25, 0.3) is 0 Å². The zero-order valence-corrected chi connectivity index (χ0v) is 13.3. The maximum atomic E-state index is 12.9. The Morgan fingerprint density at radius 2 is 1.95 bits per heavy atom. The van der Waals surface area contributed by atoms with Gasteiger partial charge in [-0.05, 0) is 49.1 Å². The van der Waals surface area contributed by atoms with Crippen molar-refractivity contribution in [1.82, 2.24) is 0 Å². The van der Waals surface area contributed by atoms with Gasteiger partial charge in [0.15, 0.2) is 5.78 Å². The number of benzene rings is 2. The second kappa shape index (κ2) is 5.57. The summed E-state index contributed by atoms with van der Waals surface area (Å²) in [7, 11) is 1.63. The van der Waals surface area contributed by atoms with Gasteiger partial charge < -0.3 is 4.74 Å². The SMILES string of the molecule is COc1c(C(=O)C2Cc3ccccc3S2)ccc(C)c1C. The number of ketones is 1. The Labute approximate surface area is 129 Å². The summed E-state index contributed by atoms with van der Waals surface area (Å²) in [5, 5.41) is -0.0431. The van der Waals surface area contributed by atoms with Crippen molar-refractivity contribution < 1.29 is 9.53 Å². The van der Waals surface area contributed by atoms with Crippen LogP contribution in [-0.2, 0) is 6.42 Å². The lowest BCUT2D eigenvalue weighted by Gasteiger charge is -2.15. The molecular formula is C18H18O2S. The van der Waals surface area contributed by atoms with E-state index >= 15 is 0 Å². The number of methoxy groups -OCH3 is 1. The third-order valence-electron chi connectivity index (χ3n) is 4.09. The van der Waals surface area contributed by atoms with Crippen LogP contribution in [0.3, 0.4) is 0 Å². The average molecular weight is 298 g/mol. The molecule has 3 rings (SSSR count). The third kappa shape index (κ3) is 2.46. The van der Waals surface area contributed by atoms with Gasteiger partial charge in [-0.25, -0.2) is 0 Å². The summed E-state index contributed by atoms with van der Waals surface area (Å²) in [6, 6.07) is 12.1. The highest BCUT2D eigenvalue weighted by molar-refractivity contribution is 8.01. The highest BCUT2D eigenvalue weighted by Crippen LogP contribution is 2.39. The highest BCUT2D eigenvalue weighted by Gasteiger charge is 2.30. The van der Waals surface area contributed by atoms with Crippen molar-refractivity contribution in [2.24, 2.45) is 0 Å². The summed E-state index contributed by atoms with van der Waals surface area (Å²) in [6.45, 7) is 4.04. The molecule has 108 valence electrons. The Morgan fingerprint density at radius 1 is 1.19 bits per heavy atom. The first-order valence-electron chi connectivity index (χ1n) is 7.04. The molecule has 0 aromatic heterocycles. The van der Waals surface area contributed by atoms with Crippen LogP contribution in [0.25, 0.3) is 0 Å². The van der Waals surface area contributed by atoms with E-state index in [4.69, 9.17) is 4.74 Å². The van der Waals surface area contributed by atoms with Gasteiger partial charge in [-0.15, -0.1) is 11.8 Å². The van der Waals surface area contributed by atoms with E-state index in [9.17, 15) is 4.79 Å². The topological polar surface area (TPSA) is 26.3 Å². The molecule has 2 nitrogen and oxygen atoms in total. The molecule has 0 radical (unpaired) electrons. The molecular weight excluding hydrogens is 280 g/mol. The predicted molar refractivity (Wildman–Crippen MR) is 86.6 cm³/mol. The van der Waals surface area contributed by atoms with Crippen LogP contribution in [0.2, 0.25) is 0 Å². The second-order valence-electron chi connectivity index (χ2n) is 5.37. The number of Topliss-reactive ketones (excluding diaryl/α,β-unsaturated/α-hetero) is 1. The summed E-state index contributed by atoms with van der Waals surface area (Å²) in [4.78, 5) is 14.1. The van der Waals surface area contributed by atoms with Crippen LogP contribution in [0, 0.1) is 13.8 Å². The minimum absolute atomic E-state index is 0.0431. The minimum atomic E-state index is -0.0431. The Bertz CT molecular complexity index is 681. The summed E-state index contributed by atoms with van der Waals surface area (Å²) in [6.07, 6.45) is 0.801. The Kier molecular flexibility index (Phi) is 3.77. The fraction of sp³-hybridized carbons (Fsp3) is 0.278. The summed E-state index contributed by atoms with van der Waals surface area (Å²) >= 11 is 1.66. The predicted octanol–water partition coefficient (Wildman–Crippen LogP) is 4.21. The second-order valence-corrected chi connectivity index (χ2v) is 6.62. The lowest BCUT2D eigenvalue weighted by Crippen LogP contribution is -2.18. The number of carbonyl (C=O) groups excluding carboxylic acids is 1. The van der Waals surface area contributed by atoms with E-state index in [-0.39, 0.29) is 11.0 Å². The molecule has 0 N–H and O–H groups in total. The molecule has 1 aliphatic heterocycles. The van der Waals surface area contributed by atoms with E-state index in [0.29, 0.717) is 5.56 Å². The normalized spacial score (nSPS) is 16.6. The third-order valence-corrected chi connectivity index (χ3v) is 5.40. The van der Waals surface area contributed by atoms with Gasteiger partial charge in [-0.3, -0.25) is 4.79 Å². The molecule has 0 aliphatic carbocycles. The van der Waals surface area contributed by atoms with Crippen molar-refractivity contribution in [2.45, 2.75) is 30.4 Å². The first-order valence-corrected chi connectivity index (χ1v) is 7.92. The van der Waals surface area contributed by atoms with Crippen LogP contribution >= 0.6 is 11.8 Å². The highest BCUT2D eigenvalue weighted by atomic mass is 32.2. The van der Waals surface area contributed by atoms with E-state index in [1.54, 1.807) is 18.9 Å². The molecule has 2 aromatic carbocycles. The van der Waals surface area contributed by atoms with Gasteiger partial charge in [0.1, 0.15) is 5.75 Å². The van der Waals surface area contributed by atoms with Crippen LogP contribution in [0.15, 0.2) is 41.3 Å². The van der Waals surface area contributed by atoms with Crippen molar-refractivity contribution in [3.05, 3.63) is 58.7 Å². The van der Waals surface area contributed by atoms with Gasteiger partial charge in [-0.1, -0.05) is 24.3 Å². The Morgan fingerprint density at radius 3 is 2.67 bits per heavy atom. The summed E-state index contributed by atoms with van der Waals surface area (Å²) in [5.41, 5.74) is 4.16. The molecule has 1 unspecified atom stereocenters. The van der Waals surface area contributed by atoms with Crippen LogP contribution < -0.4 is 4.74 Å². The van der Waals surface area contributed by atoms with Gasteiger partial charge in [0.2, 0.25) is 0 Å². The number of thioether (sulfide) groups is 1. The van der Waals surface area contributed by atoms with Crippen molar-refractivity contribution in [3.63, 3.8) is 0 Å². The minimum Gasteiger partial charge on any atom is -0.496 e. The number of fused-ring (bicyclic) bond motifs is 1. The van der Waals surface area contributed by atoms with E-state index < -0.39 is 0 Å². The zero-order valence-electron chi connectivity index (χ0n) is 12.5. The number of hydrogen-bond donors (Lipinski definition) is 0. The number of hydrogen-bond acceptors (Lipinski definition) is 3. The molecule has 0 saturated carbocycles. The molecule has 1 aliphatic rings. The van der Waals surface area contributed by atoms with Crippen molar-refractivity contribution in [3.8, 4) is 5.75 Å². The van der Waals surface area contributed by atoms with Gasteiger partial charge in [-0.2, -0.15) is 0 Å². The molecule has 2 aromatic rings. The van der Waals surface area contributed by atoms with Crippen molar-refractivity contribution >= 4 is 17.5 Å². The number of rotatable bonds is 3. The molecule has 21 heavy (non-hydrogen) atoms. The monoisotopic (exact) mass is 298 g/mol. The molecule has 0 amide bonds. The molecule has 3 heteroatoms. The molecule has 0 fully saturated rings. The summed E-state index contributed by atoms with van der Waals surface area (Å²) in [5.74, 6) is 0.882. The van der Waals surface area contributed by atoms with Gasteiger partial charge in [0, 0.05) is 4.90 Å². The van der Waals surface area contributed by atoms with Crippen LogP contribution in [-0.4, -0.2) is 18.1 Å². The van der Waals surface area contributed by atoms with Gasteiger partial charge in [0.05, 0.1) is 17.9 Å². The lowest BCUT2D eigenvalue weighted by atomic mass is 9.98. The van der Waals surface area contributed by atoms with E-state index in [1.165, 1.54) is 10.5 Å². The van der Waals surface area contributed by atoms with E-state index in [2.05, 4.69) is 12.1 Å². The number of aryl methyl sites for hydroxylation is 1. The Balaban J connectivity index is 1.93. The maximum Gasteiger partial charge on any atom is 0.180 e. The molecule has 0 bridgehead atoms. The van der Waals surface area contributed by atoms with Gasteiger partial charge >= 0.3 is 0 Å². The van der Waals surface area contributed by atoms with E-state index in [1.807, 2.05) is 38.1 Å². The zero-order chi connectivity index (χ0) is 15.0. The molecule has 0 spiro atoms. The molecule has 1 heterocycles. The smallest absolute Gasteiger partial charge is 0.180 e. The first kappa shape index (κ1) is 14.2. The largest absolute Gasteiger partial charge is 0.496 e. The van der Waals surface area contributed by atoms with Crippen LogP contribution in [0.4, 0.5) is 0 Å². The maximum absolute atomic E-state index is 12.9. The fourth-order valence-corrected chi connectivity index (χ4v) is 4.01. The number of carbonyl (C=O) groups is 1. The fourth-order valence-electron chi connectivity index (χ4n) is 2.75. The lowest BCUT2D eigenvalue weighted by molar-refractivity contribution is 0.0987. The van der Waals surface area contributed by atoms with Crippen LogP contribution in [0.1, 0.15) is 27.0 Å². The quantitative estimate of drug-likeness (QED) is 0.794. The molecule has 0 saturated heterocycles. The van der Waals surface area contributed by atoms with Crippen molar-refractivity contribution in [2.75, 3.05) is 7.11 Å². The van der Waals surface area contributed by atoms with Crippen LogP contribution in [0.5, 0.6) is 5.75 Å². The standard InChI is InChI=1S/C18H18O2S/c1-11-8-9-14(18(20-3)12(11)2)17(19)16-10-13-6-4-5-7-15(13)21-16/h4-9,16H,10H2,1-3H3. The molecule has 1 atom stereocenters. The Hall–Kier alpha value is -1.74. The van der Waals surface area contributed by atoms with Crippen molar-refractivity contribution in [1.29, 1.82) is 0 Å². The average Bonchev–Trinajstić information content (AvgIpc) is 2.93. The summed E-state index contributed by atoms with van der Waals surface area (Å²) < 4.78 is 5.48. The van der Waals surface area contributed by atoms with E-state index in [0.717, 1.165) is 23.3 Å². The first-order chi connectivity index (χ1) is 10.1. The number of ether oxygens (including phenoxy) is 1.